The molecule has 5 nitrogen and oxygen atoms in total. The molecule has 100 valence electrons. The average Bonchev–Trinajstić information content (AvgIpc) is 3.06. The number of aromatic nitrogens is 2. The van der Waals surface area contributed by atoms with Crippen molar-refractivity contribution >= 4 is 5.91 Å². The van der Waals surface area contributed by atoms with E-state index in [-0.39, 0.29) is 24.2 Å². The van der Waals surface area contributed by atoms with Gasteiger partial charge in [0.05, 0.1) is 0 Å². The number of imidazole rings is 1. The summed E-state index contributed by atoms with van der Waals surface area (Å²) in [6, 6.07) is 0.482. The van der Waals surface area contributed by atoms with Crippen molar-refractivity contribution in [3.05, 3.63) is 22.9 Å². The Labute approximate surface area is 107 Å². The molecule has 0 aromatic carbocycles. The van der Waals surface area contributed by atoms with Crippen LogP contribution in [0.1, 0.15) is 39.7 Å². The van der Waals surface area contributed by atoms with E-state index in [9.17, 15) is 9.59 Å². The minimum absolute atomic E-state index is 0.0788. The van der Waals surface area contributed by atoms with E-state index in [1.807, 2.05) is 6.92 Å². The van der Waals surface area contributed by atoms with Crippen LogP contribution in [0.25, 0.3) is 0 Å². The molecule has 1 aromatic rings. The molecule has 0 saturated heterocycles. The molecule has 1 heterocycles. The normalized spacial score (nSPS) is 16.9. The van der Waals surface area contributed by atoms with Gasteiger partial charge in [0, 0.05) is 24.5 Å². The second-order valence-corrected chi connectivity index (χ2v) is 5.45. The summed E-state index contributed by atoms with van der Waals surface area (Å²) in [6.45, 7) is 6.19. The average molecular weight is 251 g/mol. The van der Waals surface area contributed by atoms with Crippen LogP contribution in [0.3, 0.4) is 0 Å². The van der Waals surface area contributed by atoms with Gasteiger partial charge in [-0.1, -0.05) is 13.8 Å². The van der Waals surface area contributed by atoms with Gasteiger partial charge >= 0.3 is 5.69 Å². The molecule has 0 aliphatic heterocycles. The number of nitrogens with one attached hydrogen (secondary N) is 1. The Hall–Kier alpha value is -1.52. The quantitative estimate of drug-likeness (QED) is 0.853. The third-order valence-electron chi connectivity index (χ3n) is 3.52. The molecule has 1 aliphatic carbocycles. The molecule has 1 fully saturated rings. The Bertz CT molecular complexity index is 483. The van der Waals surface area contributed by atoms with Crippen molar-refractivity contribution in [1.82, 2.24) is 14.5 Å². The molecular formula is C13H21N3O2. The number of carbonyl (C=O) groups is 1. The Kier molecular flexibility index (Phi) is 3.59. The highest BCUT2D eigenvalue weighted by molar-refractivity contribution is 5.76. The summed E-state index contributed by atoms with van der Waals surface area (Å²) in [5.41, 5.74) is -0.0788. The number of amides is 1. The molecule has 0 bridgehead atoms. The summed E-state index contributed by atoms with van der Waals surface area (Å²) in [5, 5.41) is 2.90. The first kappa shape index (κ1) is 12.9. The first-order valence-electron chi connectivity index (χ1n) is 6.55. The second-order valence-electron chi connectivity index (χ2n) is 5.45. The van der Waals surface area contributed by atoms with Gasteiger partial charge in [-0.2, -0.15) is 0 Å². The predicted octanol–water partition coefficient (Wildman–Crippen LogP) is 1.15. The van der Waals surface area contributed by atoms with E-state index in [0.717, 1.165) is 12.8 Å². The summed E-state index contributed by atoms with van der Waals surface area (Å²) >= 11 is 0. The van der Waals surface area contributed by atoms with Crippen molar-refractivity contribution in [3.8, 4) is 0 Å². The smallest absolute Gasteiger partial charge is 0.328 e. The zero-order valence-electron chi connectivity index (χ0n) is 11.2. The van der Waals surface area contributed by atoms with E-state index in [0.29, 0.717) is 12.0 Å². The van der Waals surface area contributed by atoms with Gasteiger partial charge in [0.25, 0.3) is 0 Å². The fourth-order valence-corrected chi connectivity index (χ4v) is 1.80. The zero-order chi connectivity index (χ0) is 13.3. The molecule has 1 atom stereocenters. The molecular weight excluding hydrogens is 230 g/mol. The van der Waals surface area contributed by atoms with E-state index >= 15 is 0 Å². The van der Waals surface area contributed by atoms with Gasteiger partial charge in [-0.25, -0.2) is 4.79 Å². The van der Waals surface area contributed by atoms with Crippen molar-refractivity contribution in [1.29, 1.82) is 0 Å². The van der Waals surface area contributed by atoms with Crippen LogP contribution in [0, 0.1) is 5.92 Å². The van der Waals surface area contributed by atoms with Gasteiger partial charge in [-0.15, -0.1) is 0 Å². The number of carbonyl (C=O) groups excluding carboxylic acids is 1. The summed E-state index contributed by atoms with van der Waals surface area (Å²) in [6.07, 6.45) is 5.61. The van der Waals surface area contributed by atoms with Crippen molar-refractivity contribution in [2.75, 3.05) is 0 Å². The zero-order valence-corrected chi connectivity index (χ0v) is 11.2. The lowest BCUT2D eigenvalue weighted by atomic mass is 10.1. The summed E-state index contributed by atoms with van der Waals surface area (Å²) in [7, 11) is 0. The molecule has 18 heavy (non-hydrogen) atoms. The van der Waals surface area contributed by atoms with Crippen LogP contribution in [-0.4, -0.2) is 21.1 Å². The van der Waals surface area contributed by atoms with E-state index in [1.165, 1.54) is 4.57 Å². The monoisotopic (exact) mass is 251 g/mol. The van der Waals surface area contributed by atoms with E-state index in [4.69, 9.17) is 0 Å². The number of rotatable bonds is 5. The fraction of sp³-hybridized carbons (Fsp3) is 0.692. The van der Waals surface area contributed by atoms with Gasteiger partial charge in [0.1, 0.15) is 6.54 Å². The molecule has 5 heteroatoms. The van der Waals surface area contributed by atoms with Crippen molar-refractivity contribution < 1.29 is 4.79 Å². The third kappa shape index (κ3) is 2.83. The van der Waals surface area contributed by atoms with E-state index in [1.54, 1.807) is 17.0 Å². The van der Waals surface area contributed by atoms with E-state index < -0.39 is 0 Å². The lowest BCUT2D eigenvalue weighted by Gasteiger charge is -2.17. The standard InChI is InChI=1S/C13H21N3O2/c1-9(2)10(3)14-12(17)8-15-6-7-16(13(15)18)11-4-5-11/h6-7,9-11H,4-5,8H2,1-3H3,(H,14,17). The third-order valence-corrected chi connectivity index (χ3v) is 3.52. The van der Waals surface area contributed by atoms with Crippen LogP contribution in [0.4, 0.5) is 0 Å². The van der Waals surface area contributed by atoms with Crippen LogP contribution in [0.5, 0.6) is 0 Å². The van der Waals surface area contributed by atoms with Gasteiger partial charge in [-0.3, -0.25) is 13.9 Å². The number of hydrogen-bond donors (Lipinski definition) is 1. The molecule has 1 amide bonds. The largest absolute Gasteiger partial charge is 0.352 e. The molecule has 1 aromatic heterocycles. The lowest BCUT2D eigenvalue weighted by molar-refractivity contribution is -0.122. The molecule has 2 rings (SSSR count). The molecule has 1 N–H and O–H groups in total. The van der Waals surface area contributed by atoms with Gasteiger partial charge in [0.15, 0.2) is 0 Å². The molecule has 0 spiro atoms. The number of nitrogens with zero attached hydrogens (tertiary/aromatic N) is 2. The minimum Gasteiger partial charge on any atom is -0.352 e. The molecule has 1 saturated carbocycles. The van der Waals surface area contributed by atoms with Crippen molar-refractivity contribution in [2.24, 2.45) is 5.92 Å². The maximum Gasteiger partial charge on any atom is 0.328 e. The van der Waals surface area contributed by atoms with Gasteiger partial charge < -0.3 is 5.32 Å². The summed E-state index contributed by atoms with van der Waals surface area (Å²) in [4.78, 5) is 23.7. The van der Waals surface area contributed by atoms with Crippen LogP contribution >= 0.6 is 0 Å². The lowest BCUT2D eigenvalue weighted by Crippen LogP contribution is -2.39. The van der Waals surface area contributed by atoms with Crippen LogP contribution in [0.15, 0.2) is 17.2 Å². The predicted molar refractivity (Wildman–Crippen MR) is 69.4 cm³/mol. The molecule has 1 aliphatic rings. The highest BCUT2D eigenvalue weighted by Crippen LogP contribution is 2.33. The summed E-state index contributed by atoms with van der Waals surface area (Å²) < 4.78 is 3.19. The minimum atomic E-state index is -0.105. The highest BCUT2D eigenvalue weighted by Gasteiger charge is 2.25. The van der Waals surface area contributed by atoms with Crippen LogP contribution in [-0.2, 0) is 11.3 Å². The Morgan fingerprint density at radius 3 is 2.61 bits per heavy atom. The Balaban J connectivity index is 1.97. The fourth-order valence-electron chi connectivity index (χ4n) is 1.80. The topological polar surface area (TPSA) is 56.0 Å². The van der Waals surface area contributed by atoms with Crippen LogP contribution in [0.2, 0.25) is 0 Å². The van der Waals surface area contributed by atoms with Crippen LogP contribution < -0.4 is 11.0 Å². The maximum absolute atomic E-state index is 12.0. The SMILES string of the molecule is CC(C)C(C)NC(=O)Cn1ccn(C2CC2)c1=O. The van der Waals surface area contributed by atoms with Crippen molar-refractivity contribution in [3.63, 3.8) is 0 Å². The summed E-state index contributed by atoms with van der Waals surface area (Å²) in [5.74, 6) is 0.286. The Morgan fingerprint density at radius 2 is 2.06 bits per heavy atom. The van der Waals surface area contributed by atoms with Crippen molar-refractivity contribution in [2.45, 2.75) is 52.2 Å². The number of hydrogen-bond acceptors (Lipinski definition) is 2. The van der Waals surface area contributed by atoms with Gasteiger partial charge in [-0.05, 0) is 25.7 Å². The first-order valence-corrected chi connectivity index (χ1v) is 6.55. The molecule has 1 unspecified atom stereocenters. The maximum atomic E-state index is 12.0. The van der Waals surface area contributed by atoms with Gasteiger partial charge in [0.2, 0.25) is 5.91 Å². The Morgan fingerprint density at radius 1 is 1.39 bits per heavy atom. The van der Waals surface area contributed by atoms with E-state index in [2.05, 4.69) is 19.2 Å². The first-order chi connectivity index (χ1) is 8.49. The molecule has 0 radical (unpaired) electrons. The second kappa shape index (κ2) is 5.00. The highest BCUT2D eigenvalue weighted by atomic mass is 16.2.